The van der Waals surface area contributed by atoms with Crippen LogP contribution in [0.1, 0.15) is 117 Å². The molecule has 0 radical (unpaired) electrons. The lowest BCUT2D eigenvalue weighted by molar-refractivity contribution is -0.166. The fourth-order valence-electron chi connectivity index (χ4n) is 9.12. The molecule has 3 nitrogen and oxygen atoms in total. The number of hydrogen-bond acceptors (Lipinski definition) is 3. The highest BCUT2D eigenvalue weighted by Crippen LogP contribution is 2.65. The van der Waals surface area contributed by atoms with Crippen LogP contribution >= 0.6 is 0 Å². The van der Waals surface area contributed by atoms with Crippen LogP contribution in [0.5, 0.6) is 0 Å². The summed E-state index contributed by atoms with van der Waals surface area (Å²) >= 11 is 0. The van der Waals surface area contributed by atoms with E-state index in [9.17, 15) is 9.59 Å². The van der Waals surface area contributed by atoms with Crippen LogP contribution in [0.4, 0.5) is 0 Å². The number of carbonyl (C=O) groups excluding carboxylic acids is 2. The second-order valence-corrected chi connectivity index (χ2v) is 12.9. The normalized spacial score (nSPS) is 44.9. The van der Waals surface area contributed by atoms with Crippen LogP contribution < -0.4 is 0 Å². The van der Waals surface area contributed by atoms with Gasteiger partial charge in [-0.3, -0.25) is 9.59 Å². The molecule has 0 heterocycles. The number of unbranched alkanes of at least 4 members (excludes halogenated alkanes) is 1. The van der Waals surface area contributed by atoms with Crippen LogP contribution in [-0.2, 0) is 14.3 Å². The summed E-state index contributed by atoms with van der Waals surface area (Å²) in [5.41, 5.74) is 1.82. The van der Waals surface area contributed by atoms with Crippen molar-refractivity contribution in [2.24, 2.45) is 40.4 Å². The second-order valence-electron chi connectivity index (χ2n) is 12.9. The summed E-state index contributed by atoms with van der Waals surface area (Å²) in [4.78, 5) is 25.3. The summed E-state index contributed by atoms with van der Waals surface area (Å²) in [6.07, 6.45) is 19.3. The molecule has 184 valence electrons. The maximum Gasteiger partial charge on any atom is 0.309 e. The summed E-state index contributed by atoms with van der Waals surface area (Å²) in [5.74, 6) is 3.55. The van der Waals surface area contributed by atoms with Gasteiger partial charge in [-0.05, 0) is 106 Å². The van der Waals surface area contributed by atoms with E-state index in [1.165, 1.54) is 63.4 Å². The lowest BCUT2D eigenvalue weighted by Crippen LogP contribution is -2.51. The molecule has 33 heavy (non-hydrogen) atoms. The zero-order valence-corrected chi connectivity index (χ0v) is 21.4. The van der Waals surface area contributed by atoms with Crippen molar-refractivity contribution in [1.82, 2.24) is 0 Å². The summed E-state index contributed by atoms with van der Waals surface area (Å²) < 4.78 is 6.37. The standard InChI is InChI=1S/C30H46O3/c1-4-5-6-20-7-9-21(10-8-20)28(32)33-27-14-13-25-24-12-11-22-19-23(31)15-17-29(22,2)26(24)16-18-30(25,27)3/h19-21,24-27H,4-18H2,1-3H3/t20?,21?,24-,25-,26-,27+,29-,30-/m0/s1. The van der Waals surface area contributed by atoms with Crippen molar-refractivity contribution in [2.75, 3.05) is 0 Å². The number of esters is 1. The molecule has 6 atom stereocenters. The first kappa shape index (κ1) is 23.6. The minimum absolute atomic E-state index is 0.115. The highest BCUT2D eigenvalue weighted by atomic mass is 16.5. The number of ether oxygens (including phenoxy) is 1. The van der Waals surface area contributed by atoms with Crippen molar-refractivity contribution < 1.29 is 14.3 Å². The summed E-state index contributed by atoms with van der Waals surface area (Å²) in [6, 6.07) is 0. The molecule has 0 bridgehead atoms. The second kappa shape index (κ2) is 9.15. The molecular formula is C30H46O3. The molecule has 3 heteroatoms. The van der Waals surface area contributed by atoms with Crippen molar-refractivity contribution in [2.45, 2.75) is 123 Å². The van der Waals surface area contributed by atoms with E-state index in [0.717, 1.165) is 50.4 Å². The van der Waals surface area contributed by atoms with Crippen LogP contribution in [0.3, 0.4) is 0 Å². The molecule has 0 aromatic carbocycles. The van der Waals surface area contributed by atoms with E-state index in [1.807, 2.05) is 6.08 Å². The molecule has 4 fully saturated rings. The summed E-state index contributed by atoms with van der Waals surface area (Å²) in [6.45, 7) is 7.16. The first-order valence-corrected chi connectivity index (χ1v) is 14.3. The zero-order valence-electron chi connectivity index (χ0n) is 21.4. The van der Waals surface area contributed by atoms with Gasteiger partial charge in [0.15, 0.2) is 5.78 Å². The third-order valence-electron chi connectivity index (χ3n) is 11.3. The minimum Gasteiger partial charge on any atom is -0.462 e. The van der Waals surface area contributed by atoms with E-state index in [4.69, 9.17) is 4.74 Å². The van der Waals surface area contributed by atoms with Gasteiger partial charge in [-0.2, -0.15) is 0 Å². The highest BCUT2D eigenvalue weighted by molar-refractivity contribution is 5.91. The van der Waals surface area contributed by atoms with Crippen molar-refractivity contribution in [3.8, 4) is 0 Å². The lowest BCUT2D eigenvalue weighted by Gasteiger charge is -2.57. The maximum absolute atomic E-state index is 13.2. The van der Waals surface area contributed by atoms with E-state index >= 15 is 0 Å². The average Bonchev–Trinajstić information content (AvgIpc) is 3.14. The Kier molecular flexibility index (Phi) is 6.55. The Labute approximate surface area is 201 Å². The van der Waals surface area contributed by atoms with Crippen molar-refractivity contribution in [3.63, 3.8) is 0 Å². The Hall–Kier alpha value is -1.12. The first-order chi connectivity index (χ1) is 15.8. The minimum atomic E-state index is 0.115. The van der Waals surface area contributed by atoms with Gasteiger partial charge in [-0.15, -0.1) is 0 Å². The van der Waals surface area contributed by atoms with Crippen molar-refractivity contribution in [3.05, 3.63) is 11.6 Å². The Bertz CT molecular complexity index is 790. The number of allylic oxidation sites excluding steroid dienone is 1. The zero-order chi connectivity index (χ0) is 23.2. The van der Waals surface area contributed by atoms with Gasteiger partial charge >= 0.3 is 5.97 Å². The molecule has 0 aromatic heterocycles. The van der Waals surface area contributed by atoms with Gasteiger partial charge in [0.2, 0.25) is 0 Å². The number of carbonyl (C=O) groups is 2. The van der Waals surface area contributed by atoms with Crippen molar-refractivity contribution >= 4 is 11.8 Å². The molecule has 5 aliphatic rings. The van der Waals surface area contributed by atoms with Gasteiger partial charge in [-0.25, -0.2) is 0 Å². The summed E-state index contributed by atoms with van der Waals surface area (Å²) in [5, 5.41) is 0. The number of ketones is 1. The first-order valence-electron chi connectivity index (χ1n) is 14.3. The number of rotatable bonds is 5. The van der Waals surface area contributed by atoms with Gasteiger partial charge in [0.25, 0.3) is 0 Å². The Morgan fingerprint density at radius 1 is 0.970 bits per heavy atom. The highest BCUT2D eigenvalue weighted by Gasteiger charge is 2.60. The lowest BCUT2D eigenvalue weighted by atomic mass is 9.47. The van der Waals surface area contributed by atoms with Gasteiger partial charge in [0.05, 0.1) is 5.92 Å². The smallest absolute Gasteiger partial charge is 0.309 e. The van der Waals surface area contributed by atoms with Crippen LogP contribution in [0.25, 0.3) is 0 Å². The van der Waals surface area contributed by atoms with Crippen LogP contribution in [0.2, 0.25) is 0 Å². The summed E-state index contributed by atoms with van der Waals surface area (Å²) in [7, 11) is 0. The molecule has 0 spiro atoms. The Morgan fingerprint density at radius 2 is 1.76 bits per heavy atom. The van der Waals surface area contributed by atoms with E-state index in [2.05, 4.69) is 20.8 Å². The Morgan fingerprint density at radius 3 is 2.52 bits per heavy atom. The van der Waals surface area contributed by atoms with E-state index < -0.39 is 0 Å². The molecule has 0 saturated heterocycles. The molecule has 0 amide bonds. The predicted molar refractivity (Wildman–Crippen MR) is 132 cm³/mol. The molecule has 0 N–H and O–H groups in total. The van der Waals surface area contributed by atoms with Crippen LogP contribution in [0.15, 0.2) is 11.6 Å². The van der Waals surface area contributed by atoms with Crippen LogP contribution in [-0.4, -0.2) is 17.9 Å². The third-order valence-corrected chi connectivity index (χ3v) is 11.3. The molecule has 0 aromatic rings. The number of fused-ring (bicyclic) bond motifs is 5. The van der Waals surface area contributed by atoms with Crippen LogP contribution in [0, 0.1) is 40.4 Å². The SMILES string of the molecule is CCCCC1CCC(C(=O)O[C@@H]2CC[C@H]3[C@@H]4CCC5=CC(=O)CC[C@]5(C)[C@H]4CC[C@]23C)CC1. The monoisotopic (exact) mass is 454 g/mol. The van der Waals surface area contributed by atoms with Gasteiger partial charge in [-0.1, -0.05) is 45.6 Å². The maximum atomic E-state index is 13.2. The molecular weight excluding hydrogens is 408 g/mol. The third kappa shape index (κ3) is 4.14. The predicted octanol–water partition coefficient (Wildman–Crippen LogP) is 7.43. The van der Waals surface area contributed by atoms with E-state index in [1.54, 1.807) is 0 Å². The largest absolute Gasteiger partial charge is 0.462 e. The molecule has 5 aliphatic carbocycles. The number of hydrogen-bond donors (Lipinski definition) is 0. The van der Waals surface area contributed by atoms with E-state index in [0.29, 0.717) is 17.6 Å². The van der Waals surface area contributed by atoms with Crippen molar-refractivity contribution in [1.29, 1.82) is 0 Å². The molecule has 0 aliphatic heterocycles. The average molecular weight is 455 g/mol. The quantitative estimate of drug-likeness (QED) is 0.406. The molecule has 0 unspecified atom stereocenters. The molecule has 5 rings (SSSR count). The fourth-order valence-corrected chi connectivity index (χ4v) is 9.12. The van der Waals surface area contributed by atoms with Gasteiger partial charge in [0.1, 0.15) is 6.10 Å². The topological polar surface area (TPSA) is 43.4 Å². The van der Waals surface area contributed by atoms with Gasteiger partial charge in [0, 0.05) is 11.8 Å². The van der Waals surface area contributed by atoms with Gasteiger partial charge < -0.3 is 4.74 Å². The fraction of sp³-hybridized carbons (Fsp3) is 0.867. The Balaban J connectivity index is 1.22. The van der Waals surface area contributed by atoms with E-state index in [-0.39, 0.29) is 28.8 Å². The molecule has 4 saturated carbocycles.